The maximum absolute atomic E-state index is 12.0. The van der Waals surface area contributed by atoms with E-state index in [1.165, 1.54) is 29.9 Å². The van der Waals surface area contributed by atoms with Crippen molar-refractivity contribution in [3.63, 3.8) is 0 Å². The van der Waals surface area contributed by atoms with E-state index in [1.54, 1.807) is 12.3 Å². The molecule has 132 valence electrons. The number of aryl methyl sites for hydroxylation is 1. The number of rotatable bonds is 7. The van der Waals surface area contributed by atoms with Gasteiger partial charge < -0.3 is 10.1 Å². The first-order valence-corrected chi connectivity index (χ1v) is 9.15. The number of aromatic nitrogens is 1. The fourth-order valence-electron chi connectivity index (χ4n) is 2.63. The lowest BCUT2D eigenvalue weighted by Crippen LogP contribution is -2.37. The molecule has 0 aromatic carbocycles. The van der Waals surface area contributed by atoms with Crippen LogP contribution in [0, 0.1) is 6.92 Å². The number of nitrogens with one attached hydrogen (secondary N) is 1. The first kappa shape index (κ1) is 18.4. The second kappa shape index (κ2) is 8.82. The minimum absolute atomic E-state index is 0.168. The first-order valence-electron chi connectivity index (χ1n) is 8.27. The summed E-state index contributed by atoms with van der Waals surface area (Å²) in [5.74, 6) is -0.898. The fraction of sp³-hybridized carbons (Fsp3) is 0.588. The van der Waals surface area contributed by atoms with Crippen LogP contribution in [0.15, 0.2) is 21.8 Å². The molecule has 0 bridgehead atoms. The fourth-order valence-corrected chi connectivity index (χ4v) is 3.37. The number of ether oxygens (including phenoxy) is 1. The summed E-state index contributed by atoms with van der Waals surface area (Å²) in [7, 11) is 0. The van der Waals surface area contributed by atoms with E-state index in [0.29, 0.717) is 12.2 Å². The van der Waals surface area contributed by atoms with Gasteiger partial charge >= 0.3 is 10.8 Å². The lowest BCUT2D eigenvalue weighted by atomic mass is 9.97. The molecular formula is C17H24N2O4S. The highest BCUT2D eigenvalue weighted by molar-refractivity contribution is 7.07. The molecule has 0 spiro atoms. The Balaban J connectivity index is 1.73. The minimum atomic E-state index is -0.868. The predicted octanol–water partition coefficient (Wildman–Crippen LogP) is 2.16. The second-order valence-electron chi connectivity index (χ2n) is 6.01. The van der Waals surface area contributed by atoms with Gasteiger partial charge in [-0.25, -0.2) is 0 Å². The predicted molar refractivity (Wildman–Crippen MR) is 93.0 cm³/mol. The lowest BCUT2D eigenvalue weighted by molar-refractivity contribution is -0.155. The van der Waals surface area contributed by atoms with Crippen LogP contribution >= 0.6 is 11.3 Å². The molecule has 0 radical (unpaired) electrons. The lowest BCUT2D eigenvalue weighted by Gasteiger charge is -2.16. The Morgan fingerprint density at radius 1 is 1.42 bits per heavy atom. The number of esters is 1. The van der Waals surface area contributed by atoms with Crippen LogP contribution in [-0.2, 0) is 20.9 Å². The molecule has 1 heterocycles. The van der Waals surface area contributed by atoms with Gasteiger partial charge in [-0.15, -0.1) is 0 Å². The van der Waals surface area contributed by atoms with Crippen LogP contribution in [0.3, 0.4) is 0 Å². The molecule has 1 aromatic rings. The van der Waals surface area contributed by atoms with E-state index in [0.717, 1.165) is 30.6 Å². The van der Waals surface area contributed by atoms with Gasteiger partial charge in [-0.2, -0.15) is 0 Å². The Bertz CT molecular complexity index is 674. The van der Waals surface area contributed by atoms with Gasteiger partial charge in [-0.05, 0) is 46.0 Å². The van der Waals surface area contributed by atoms with Crippen molar-refractivity contribution in [2.24, 2.45) is 0 Å². The molecule has 2 rings (SSSR count). The van der Waals surface area contributed by atoms with E-state index in [-0.39, 0.29) is 17.3 Å². The van der Waals surface area contributed by atoms with Gasteiger partial charge in [0.2, 0.25) is 0 Å². The topological polar surface area (TPSA) is 77.4 Å². The van der Waals surface area contributed by atoms with Gasteiger partial charge in [0.1, 0.15) is 6.54 Å². The third-order valence-electron chi connectivity index (χ3n) is 4.07. The molecule has 0 saturated heterocycles. The van der Waals surface area contributed by atoms with Gasteiger partial charge in [0.05, 0.1) is 0 Å². The van der Waals surface area contributed by atoms with Gasteiger partial charge in [-0.1, -0.05) is 23.0 Å². The van der Waals surface area contributed by atoms with Crippen molar-refractivity contribution in [3.8, 4) is 0 Å². The van der Waals surface area contributed by atoms with Crippen LogP contribution in [0.1, 0.15) is 44.7 Å². The average Bonchev–Trinajstić information content (AvgIpc) is 2.87. The molecule has 1 aliphatic rings. The maximum atomic E-state index is 12.0. The average molecular weight is 352 g/mol. The van der Waals surface area contributed by atoms with Crippen LogP contribution < -0.4 is 10.2 Å². The van der Waals surface area contributed by atoms with Gasteiger partial charge in [0, 0.05) is 17.6 Å². The number of carbonyl (C=O) groups excluding carboxylic acids is 2. The van der Waals surface area contributed by atoms with Crippen molar-refractivity contribution in [1.82, 2.24) is 9.88 Å². The number of carbonyl (C=O) groups is 2. The molecule has 24 heavy (non-hydrogen) atoms. The number of hydrogen-bond acceptors (Lipinski definition) is 5. The molecular weight excluding hydrogens is 328 g/mol. The summed E-state index contributed by atoms with van der Waals surface area (Å²) in [6, 6.07) is 0. The minimum Gasteiger partial charge on any atom is -0.451 e. The van der Waals surface area contributed by atoms with Gasteiger partial charge in [0.15, 0.2) is 6.10 Å². The van der Waals surface area contributed by atoms with Crippen LogP contribution in [0.5, 0.6) is 0 Å². The van der Waals surface area contributed by atoms with E-state index in [1.807, 2.05) is 0 Å². The van der Waals surface area contributed by atoms with E-state index in [2.05, 4.69) is 11.4 Å². The molecule has 0 unspecified atom stereocenters. The van der Waals surface area contributed by atoms with E-state index >= 15 is 0 Å². The van der Waals surface area contributed by atoms with Gasteiger partial charge in [0.25, 0.3) is 5.91 Å². The van der Waals surface area contributed by atoms with Crippen LogP contribution in [0.25, 0.3) is 0 Å². The van der Waals surface area contributed by atoms with Crippen LogP contribution in [0.4, 0.5) is 0 Å². The third kappa shape index (κ3) is 5.33. The third-order valence-corrected chi connectivity index (χ3v) is 4.95. The quantitative estimate of drug-likeness (QED) is 0.602. The monoisotopic (exact) mass is 352 g/mol. The van der Waals surface area contributed by atoms with E-state index < -0.39 is 12.1 Å². The number of allylic oxidation sites excluding steroid dienone is 1. The first-order chi connectivity index (χ1) is 11.5. The largest absolute Gasteiger partial charge is 0.451 e. The van der Waals surface area contributed by atoms with Crippen molar-refractivity contribution in [1.29, 1.82) is 0 Å². The molecule has 0 fully saturated rings. The van der Waals surface area contributed by atoms with Crippen LogP contribution in [-0.4, -0.2) is 29.1 Å². The summed E-state index contributed by atoms with van der Waals surface area (Å²) < 4.78 is 6.46. The Kier molecular flexibility index (Phi) is 6.78. The Morgan fingerprint density at radius 2 is 2.21 bits per heavy atom. The Hall–Kier alpha value is -1.89. The smallest absolute Gasteiger partial charge is 0.326 e. The molecule has 1 atom stereocenters. The summed E-state index contributed by atoms with van der Waals surface area (Å²) in [4.78, 5) is 35.2. The SMILES string of the molecule is Cc1csc(=O)n1CC(=O)O[C@@H](C)C(=O)NCCC1=CCCCC1. The zero-order valence-corrected chi connectivity index (χ0v) is 15.0. The van der Waals surface area contributed by atoms with Crippen LogP contribution in [0.2, 0.25) is 0 Å². The molecule has 1 N–H and O–H groups in total. The summed E-state index contributed by atoms with van der Waals surface area (Å²) in [6.45, 7) is 3.67. The Labute approximate surface area is 145 Å². The highest BCUT2D eigenvalue weighted by Gasteiger charge is 2.18. The highest BCUT2D eigenvalue weighted by Crippen LogP contribution is 2.19. The number of hydrogen-bond donors (Lipinski definition) is 1. The van der Waals surface area contributed by atoms with Crippen molar-refractivity contribution >= 4 is 23.2 Å². The second-order valence-corrected chi connectivity index (χ2v) is 6.83. The van der Waals surface area contributed by atoms with E-state index in [4.69, 9.17) is 4.74 Å². The number of nitrogens with zero attached hydrogens (tertiary/aromatic N) is 1. The number of amides is 1. The molecule has 7 heteroatoms. The Morgan fingerprint density at radius 3 is 2.83 bits per heavy atom. The standard InChI is InChI=1S/C17H24N2O4S/c1-12-11-24-17(22)19(12)10-15(20)23-13(2)16(21)18-9-8-14-6-4-3-5-7-14/h6,11,13H,3-5,7-10H2,1-2H3,(H,18,21)/t13-/m0/s1. The highest BCUT2D eigenvalue weighted by atomic mass is 32.1. The van der Waals surface area contributed by atoms with Crippen molar-refractivity contribution in [3.05, 3.63) is 32.4 Å². The summed E-state index contributed by atoms with van der Waals surface area (Å²) in [6.07, 6.45) is 6.92. The normalized spacial score (nSPS) is 15.5. The zero-order chi connectivity index (χ0) is 17.5. The summed E-state index contributed by atoms with van der Waals surface area (Å²) >= 11 is 1.04. The maximum Gasteiger partial charge on any atom is 0.326 e. The molecule has 1 aliphatic carbocycles. The zero-order valence-electron chi connectivity index (χ0n) is 14.2. The summed E-state index contributed by atoms with van der Waals surface area (Å²) in [5.41, 5.74) is 2.10. The van der Waals surface area contributed by atoms with Gasteiger partial charge in [-0.3, -0.25) is 19.0 Å². The molecule has 6 nitrogen and oxygen atoms in total. The van der Waals surface area contributed by atoms with Crippen molar-refractivity contribution in [2.75, 3.05) is 6.54 Å². The van der Waals surface area contributed by atoms with Crippen molar-refractivity contribution in [2.45, 2.75) is 58.6 Å². The molecule has 1 amide bonds. The molecule has 0 saturated carbocycles. The summed E-state index contributed by atoms with van der Waals surface area (Å²) in [5, 5.41) is 4.48. The molecule has 0 aliphatic heterocycles. The number of thiazole rings is 1. The molecule has 1 aromatic heterocycles. The van der Waals surface area contributed by atoms with Crippen molar-refractivity contribution < 1.29 is 14.3 Å². The van der Waals surface area contributed by atoms with E-state index in [9.17, 15) is 14.4 Å².